The molecular weight excluding hydrogens is 162 g/mol. The lowest BCUT2D eigenvalue weighted by Crippen LogP contribution is -2.06. The van der Waals surface area contributed by atoms with E-state index in [1.165, 1.54) is 11.3 Å². The summed E-state index contributed by atoms with van der Waals surface area (Å²) in [4.78, 5) is 11.9. The van der Waals surface area contributed by atoms with Crippen LogP contribution in [-0.2, 0) is 4.79 Å². The molecule has 4 heteroatoms. The Balaban J connectivity index is 2.73. The lowest BCUT2D eigenvalue weighted by Gasteiger charge is -2.07. The molecule has 0 aliphatic heterocycles. The predicted molar refractivity (Wildman–Crippen MR) is 45.3 cm³/mol. The van der Waals surface area contributed by atoms with Crippen molar-refractivity contribution in [3.63, 3.8) is 0 Å². The molecule has 1 heterocycles. The topological polar surface area (TPSA) is 29.5 Å². The second kappa shape index (κ2) is 3.39. The van der Waals surface area contributed by atoms with Gasteiger partial charge in [0, 0.05) is 25.5 Å². The summed E-state index contributed by atoms with van der Waals surface area (Å²) in [6.45, 7) is 0.436. The minimum absolute atomic E-state index is 0.436. The summed E-state index contributed by atoms with van der Waals surface area (Å²) in [5, 5.41) is 2.56. The van der Waals surface area contributed by atoms with Crippen molar-refractivity contribution in [2.24, 2.45) is 0 Å². The first-order chi connectivity index (χ1) is 5.24. The highest BCUT2D eigenvalue weighted by Gasteiger charge is 2.00. The number of hydrogen-bond acceptors (Lipinski definition) is 4. The molecule has 0 saturated carbocycles. The fourth-order valence-electron chi connectivity index (χ4n) is 0.651. The van der Waals surface area contributed by atoms with E-state index >= 15 is 0 Å². The van der Waals surface area contributed by atoms with Gasteiger partial charge in [0.25, 0.3) is 6.47 Å². The number of hydrogen-bond donors (Lipinski definition) is 0. The third-order valence-corrected chi connectivity index (χ3v) is 2.05. The van der Waals surface area contributed by atoms with Crippen LogP contribution < -0.4 is 9.64 Å². The van der Waals surface area contributed by atoms with Crippen LogP contribution in [0.4, 0.5) is 5.69 Å². The van der Waals surface area contributed by atoms with Crippen molar-refractivity contribution in [1.29, 1.82) is 0 Å². The molecule has 0 atom stereocenters. The Bertz CT molecular complexity index is 244. The Morgan fingerprint density at radius 1 is 1.64 bits per heavy atom. The molecule has 3 nitrogen and oxygen atoms in total. The van der Waals surface area contributed by atoms with Crippen molar-refractivity contribution in [3.8, 4) is 5.06 Å². The van der Waals surface area contributed by atoms with Gasteiger partial charge in [-0.05, 0) is 0 Å². The van der Waals surface area contributed by atoms with Crippen molar-refractivity contribution in [2.75, 3.05) is 19.0 Å². The van der Waals surface area contributed by atoms with Crippen molar-refractivity contribution in [3.05, 3.63) is 11.4 Å². The third-order valence-electron chi connectivity index (χ3n) is 1.24. The molecule has 0 unspecified atom stereocenters. The second-order valence-electron chi connectivity index (χ2n) is 2.23. The van der Waals surface area contributed by atoms with Gasteiger partial charge in [-0.1, -0.05) is 0 Å². The maximum Gasteiger partial charge on any atom is 0.299 e. The second-order valence-corrected chi connectivity index (χ2v) is 3.11. The fraction of sp³-hybridized carbons (Fsp3) is 0.286. The molecule has 1 aromatic heterocycles. The van der Waals surface area contributed by atoms with Gasteiger partial charge in [0.1, 0.15) is 0 Å². The molecule has 0 spiro atoms. The number of rotatable bonds is 3. The molecule has 0 aliphatic carbocycles. The highest BCUT2D eigenvalue weighted by atomic mass is 32.1. The molecule has 0 radical (unpaired) electrons. The Morgan fingerprint density at radius 2 is 2.36 bits per heavy atom. The molecule has 60 valence electrons. The van der Waals surface area contributed by atoms with Gasteiger partial charge in [-0.25, -0.2) is 0 Å². The molecule has 0 aromatic carbocycles. The fourth-order valence-corrected chi connectivity index (χ4v) is 1.45. The monoisotopic (exact) mass is 171 g/mol. The lowest BCUT2D eigenvalue weighted by molar-refractivity contribution is -0.120. The van der Waals surface area contributed by atoms with Crippen LogP contribution in [0.15, 0.2) is 11.4 Å². The summed E-state index contributed by atoms with van der Waals surface area (Å²) >= 11 is 1.41. The van der Waals surface area contributed by atoms with Gasteiger partial charge in [0.15, 0.2) is 5.06 Å². The standard InChI is InChI=1S/C7H9NO2S/c1-8(2)6-3-7(10-5-9)11-4-6/h3-5H,1-2H3. The van der Waals surface area contributed by atoms with Crippen LogP contribution in [0.5, 0.6) is 5.06 Å². The molecule has 0 N–H and O–H groups in total. The average Bonchev–Trinajstić information content (AvgIpc) is 2.37. The summed E-state index contributed by atoms with van der Waals surface area (Å²) in [5.41, 5.74) is 1.05. The first-order valence-corrected chi connectivity index (χ1v) is 3.98. The quantitative estimate of drug-likeness (QED) is 0.643. The number of thiophene rings is 1. The third kappa shape index (κ3) is 1.94. The highest BCUT2D eigenvalue weighted by Crippen LogP contribution is 2.27. The van der Waals surface area contributed by atoms with E-state index in [9.17, 15) is 4.79 Å². The molecule has 0 amide bonds. The number of nitrogens with zero attached hydrogens (tertiary/aromatic N) is 1. The van der Waals surface area contributed by atoms with Crippen LogP contribution in [0.2, 0.25) is 0 Å². The highest BCUT2D eigenvalue weighted by molar-refractivity contribution is 7.12. The van der Waals surface area contributed by atoms with E-state index in [4.69, 9.17) is 0 Å². The van der Waals surface area contributed by atoms with E-state index in [0.29, 0.717) is 11.5 Å². The van der Waals surface area contributed by atoms with E-state index in [2.05, 4.69) is 4.74 Å². The van der Waals surface area contributed by atoms with Gasteiger partial charge in [0.05, 0.1) is 5.69 Å². The average molecular weight is 171 g/mol. The van der Waals surface area contributed by atoms with Crippen molar-refractivity contribution in [2.45, 2.75) is 0 Å². The normalized spacial score (nSPS) is 9.27. The maximum atomic E-state index is 9.92. The molecule has 0 bridgehead atoms. The van der Waals surface area contributed by atoms with Crippen molar-refractivity contribution >= 4 is 23.5 Å². The van der Waals surface area contributed by atoms with Crippen molar-refractivity contribution < 1.29 is 9.53 Å². The van der Waals surface area contributed by atoms with Gasteiger partial charge >= 0.3 is 0 Å². The van der Waals surface area contributed by atoms with Crippen LogP contribution >= 0.6 is 11.3 Å². The van der Waals surface area contributed by atoms with Crippen LogP contribution in [-0.4, -0.2) is 20.6 Å². The Kier molecular flexibility index (Phi) is 2.48. The van der Waals surface area contributed by atoms with E-state index in [1.807, 2.05) is 30.4 Å². The van der Waals surface area contributed by atoms with Crippen LogP contribution in [0, 0.1) is 0 Å². The number of anilines is 1. The zero-order valence-electron chi connectivity index (χ0n) is 6.40. The van der Waals surface area contributed by atoms with E-state index < -0.39 is 0 Å². The minimum Gasteiger partial charge on any atom is -0.418 e. The number of ether oxygens (including phenoxy) is 1. The summed E-state index contributed by atoms with van der Waals surface area (Å²) < 4.78 is 4.65. The molecule has 1 rings (SSSR count). The smallest absolute Gasteiger partial charge is 0.299 e. The van der Waals surface area contributed by atoms with E-state index in [-0.39, 0.29) is 0 Å². The summed E-state index contributed by atoms with van der Waals surface area (Å²) in [6, 6.07) is 1.82. The van der Waals surface area contributed by atoms with Gasteiger partial charge in [-0.3, -0.25) is 4.79 Å². The predicted octanol–water partition coefficient (Wildman–Crippen LogP) is 1.35. The van der Waals surface area contributed by atoms with Gasteiger partial charge < -0.3 is 9.64 Å². The van der Waals surface area contributed by atoms with Crippen LogP contribution in [0.3, 0.4) is 0 Å². The first-order valence-electron chi connectivity index (χ1n) is 3.10. The Labute approximate surface area is 69.2 Å². The lowest BCUT2D eigenvalue weighted by atomic mass is 10.5. The molecule has 11 heavy (non-hydrogen) atoms. The zero-order valence-corrected chi connectivity index (χ0v) is 7.22. The van der Waals surface area contributed by atoms with E-state index in [0.717, 1.165) is 5.69 Å². The summed E-state index contributed by atoms with van der Waals surface area (Å²) in [7, 11) is 3.87. The molecule has 0 aliphatic rings. The van der Waals surface area contributed by atoms with Gasteiger partial charge in [-0.15, -0.1) is 11.3 Å². The SMILES string of the molecule is CN(C)c1csc(OC=O)c1. The van der Waals surface area contributed by atoms with Gasteiger partial charge in [-0.2, -0.15) is 0 Å². The minimum atomic E-state index is 0.436. The number of carbonyl (C=O) groups excluding carboxylic acids is 1. The van der Waals surface area contributed by atoms with Crippen LogP contribution in [0.1, 0.15) is 0 Å². The first kappa shape index (κ1) is 8.07. The van der Waals surface area contributed by atoms with Crippen molar-refractivity contribution in [1.82, 2.24) is 0 Å². The van der Waals surface area contributed by atoms with Gasteiger partial charge in [0.2, 0.25) is 0 Å². The molecule has 0 saturated heterocycles. The Morgan fingerprint density at radius 3 is 2.82 bits per heavy atom. The summed E-state index contributed by atoms with van der Waals surface area (Å²) in [5.74, 6) is 0. The van der Waals surface area contributed by atoms with Crippen LogP contribution in [0.25, 0.3) is 0 Å². The maximum absolute atomic E-state index is 9.92. The summed E-state index contributed by atoms with van der Waals surface area (Å²) in [6.07, 6.45) is 0. The molecular formula is C7H9NO2S. The Hall–Kier alpha value is -1.03. The molecule has 0 fully saturated rings. The molecule has 1 aromatic rings. The number of carbonyl (C=O) groups is 1. The largest absolute Gasteiger partial charge is 0.418 e. The zero-order chi connectivity index (χ0) is 8.27. The van der Waals surface area contributed by atoms with E-state index in [1.54, 1.807) is 0 Å².